The summed E-state index contributed by atoms with van der Waals surface area (Å²) in [5.41, 5.74) is 2.41. The Morgan fingerprint density at radius 3 is 1.29 bits per heavy atom. The van der Waals surface area contributed by atoms with Crippen LogP contribution in [0.3, 0.4) is 0 Å². The normalized spacial score (nSPS) is 11.8. The molecule has 0 amide bonds. The van der Waals surface area contributed by atoms with E-state index in [1.165, 1.54) is 30.3 Å². The van der Waals surface area contributed by atoms with Crippen molar-refractivity contribution in [3.63, 3.8) is 0 Å². The lowest BCUT2D eigenvalue weighted by molar-refractivity contribution is 0.599. The molecule has 3 aromatic carbocycles. The smallest absolute Gasteiger partial charge is 0.261 e. The molecule has 0 aliphatic rings. The van der Waals surface area contributed by atoms with Gasteiger partial charge in [-0.2, -0.15) is 0 Å². The Kier molecular flexibility index (Phi) is 5.44. The second kappa shape index (κ2) is 7.65. The van der Waals surface area contributed by atoms with Crippen LogP contribution in [0.5, 0.6) is 0 Å². The average molecular weight is 417 g/mol. The first-order valence-corrected chi connectivity index (χ1v) is 11.4. The lowest BCUT2D eigenvalue weighted by atomic mass is 10.2. The molecule has 2 N–H and O–H groups in total. The van der Waals surface area contributed by atoms with Gasteiger partial charge in [0.25, 0.3) is 20.0 Å². The van der Waals surface area contributed by atoms with E-state index in [0.717, 1.165) is 11.1 Å². The summed E-state index contributed by atoms with van der Waals surface area (Å²) < 4.78 is 55.0. The highest BCUT2D eigenvalue weighted by Crippen LogP contribution is 2.22. The third-order valence-electron chi connectivity index (χ3n) is 4.03. The van der Waals surface area contributed by atoms with Gasteiger partial charge in [0.15, 0.2) is 0 Å². The van der Waals surface area contributed by atoms with E-state index in [2.05, 4.69) is 9.44 Å². The molecule has 0 radical (unpaired) electrons. The van der Waals surface area contributed by atoms with Crippen LogP contribution in [0, 0.1) is 13.8 Å². The fourth-order valence-electron chi connectivity index (χ4n) is 2.51. The summed E-state index contributed by atoms with van der Waals surface area (Å²) in [6.07, 6.45) is 0. The molecule has 0 atom stereocenters. The molecule has 0 heterocycles. The van der Waals surface area contributed by atoms with Gasteiger partial charge in [-0.15, -0.1) is 0 Å². The zero-order valence-electron chi connectivity index (χ0n) is 15.4. The number of hydrogen-bond donors (Lipinski definition) is 2. The number of aryl methyl sites for hydroxylation is 2. The molecule has 0 fully saturated rings. The van der Waals surface area contributed by atoms with Crippen molar-refractivity contribution in [3.8, 4) is 0 Å². The van der Waals surface area contributed by atoms with Crippen LogP contribution in [0.1, 0.15) is 11.1 Å². The number of hydrogen-bond acceptors (Lipinski definition) is 4. The summed E-state index contributed by atoms with van der Waals surface area (Å²) in [6.45, 7) is 3.74. The number of sulfonamides is 2. The summed E-state index contributed by atoms with van der Waals surface area (Å²) in [5, 5.41) is 0. The summed E-state index contributed by atoms with van der Waals surface area (Å²) >= 11 is 0. The molecular weight excluding hydrogens is 396 g/mol. The molecule has 0 saturated heterocycles. The van der Waals surface area contributed by atoms with Crippen molar-refractivity contribution in [1.82, 2.24) is 0 Å². The predicted molar refractivity (Wildman–Crippen MR) is 110 cm³/mol. The van der Waals surface area contributed by atoms with Gasteiger partial charge in [-0.05, 0) is 56.3 Å². The summed E-state index contributed by atoms with van der Waals surface area (Å²) in [5.74, 6) is 0. The first-order valence-electron chi connectivity index (χ1n) is 8.45. The van der Waals surface area contributed by atoms with Crippen LogP contribution in [0.4, 0.5) is 11.4 Å². The Morgan fingerprint density at radius 1 is 0.571 bits per heavy atom. The summed E-state index contributed by atoms with van der Waals surface area (Å²) in [7, 11) is -7.55. The van der Waals surface area contributed by atoms with Gasteiger partial charge in [0.05, 0.1) is 21.2 Å². The topological polar surface area (TPSA) is 92.3 Å². The number of nitrogens with one attached hydrogen (secondary N) is 2. The molecule has 3 rings (SSSR count). The van der Waals surface area contributed by atoms with E-state index >= 15 is 0 Å². The van der Waals surface area contributed by atoms with Gasteiger partial charge in [-0.1, -0.05) is 41.5 Å². The molecule has 0 spiro atoms. The third kappa shape index (κ3) is 4.71. The fraction of sp³-hybridized carbons (Fsp3) is 0.100. The zero-order valence-corrected chi connectivity index (χ0v) is 17.0. The standard InChI is InChI=1S/C20H20N2O4S2/c1-15-6-10-19(11-7-15)27(23,24)21-17-4-3-5-18(14-17)22-28(25,26)20-12-8-16(2)9-13-20/h3-14,21-22H,1-2H3. The SMILES string of the molecule is Cc1ccc(S(=O)(=O)Nc2cccc(NS(=O)(=O)c3ccc(C)cc3)c2)cc1. The Balaban J connectivity index is 1.82. The summed E-state index contributed by atoms with van der Waals surface area (Å²) in [6, 6.07) is 19.0. The predicted octanol–water partition coefficient (Wildman–Crippen LogP) is 3.91. The van der Waals surface area contributed by atoms with Crippen molar-refractivity contribution in [1.29, 1.82) is 0 Å². The minimum Gasteiger partial charge on any atom is -0.280 e. The van der Waals surface area contributed by atoms with E-state index < -0.39 is 20.0 Å². The van der Waals surface area contributed by atoms with E-state index in [-0.39, 0.29) is 21.2 Å². The highest BCUT2D eigenvalue weighted by molar-refractivity contribution is 7.93. The van der Waals surface area contributed by atoms with E-state index in [9.17, 15) is 16.8 Å². The van der Waals surface area contributed by atoms with Crippen LogP contribution in [0.2, 0.25) is 0 Å². The maximum atomic E-state index is 12.5. The van der Waals surface area contributed by atoms with Gasteiger partial charge in [0, 0.05) is 0 Å². The van der Waals surface area contributed by atoms with Gasteiger partial charge >= 0.3 is 0 Å². The molecule has 0 aliphatic heterocycles. The molecule has 0 aromatic heterocycles. The van der Waals surface area contributed by atoms with E-state index in [1.807, 2.05) is 13.8 Å². The lowest BCUT2D eigenvalue weighted by Crippen LogP contribution is -2.15. The van der Waals surface area contributed by atoms with E-state index in [1.54, 1.807) is 42.5 Å². The highest BCUT2D eigenvalue weighted by atomic mass is 32.2. The largest absolute Gasteiger partial charge is 0.280 e. The molecule has 8 heteroatoms. The quantitative estimate of drug-likeness (QED) is 0.637. The molecule has 0 aliphatic carbocycles. The third-order valence-corrected chi connectivity index (χ3v) is 6.82. The van der Waals surface area contributed by atoms with Gasteiger partial charge in [0.2, 0.25) is 0 Å². The fourth-order valence-corrected chi connectivity index (χ4v) is 4.61. The van der Waals surface area contributed by atoms with Crippen LogP contribution in [0.15, 0.2) is 82.6 Å². The van der Waals surface area contributed by atoms with Gasteiger partial charge in [-0.25, -0.2) is 16.8 Å². The van der Waals surface area contributed by atoms with Gasteiger partial charge in [0.1, 0.15) is 0 Å². The maximum absolute atomic E-state index is 12.5. The van der Waals surface area contributed by atoms with Crippen LogP contribution in [-0.2, 0) is 20.0 Å². The highest BCUT2D eigenvalue weighted by Gasteiger charge is 2.16. The molecule has 0 unspecified atom stereocenters. The Morgan fingerprint density at radius 2 is 0.929 bits per heavy atom. The minimum absolute atomic E-state index is 0.128. The Labute approximate surface area is 165 Å². The molecule has 0 bridgehead atoms. The number of benzene rings is 3. The molecule has 3 aromatic rings. The zero-order chi connectivity index (χ0) is 20.4. The van der Waals surface area contributed by atoms with Crippen molar-refractivity contribution >= 4 is 31.4 Å². The average Bonchev–Trinajstić information content (AvgIpc) is 2.62. The van der Waals surface area contributed by atoms with Crippen LogP contribution in [-0.4, -0.2) is 16.8 Å². The second-order valence-electron chi connectivity index (χ2n) is 6.42. The van der Waals surface area contributed by atoms with Crippen molar-refractivity contribution < 1.29 is 16.8 Å². The summed E-state index contributed by atoms with van der Waals surface area (Å²) in [4.78, 5) is 0.257. The monoisotopic (exact) mass is 416 g/mol. The van der Waals surface area contributed by atoms with Crippen LogP contribution >= 0.6 is 0 Å². The van der Waals surface area contributed by atoms with Crippen LogP contribution < -0.4 is 9.44 Å². The first-order chi connectivity index (χ1) is 13.2. The maximum Gasteiger partial charge on any atom is 0.261 e. The Hall–Kier alpha value is -2.84. The van der Waals surface area contributed by atoms with Crippen molar-refractivity contribution in [2.75, 3.05) is 9.44 Å². The van der Waals surface area contributed by atoms with E-state index in [0.29, 0.717) is 0 Å². The molecule has 6 nitrogen and oxygen atoms in total. The Bertz CT molecular complexity index is 1090. The molecule has 0 saturated carbocycles. The lowest BCUT2D eigenvalue weighted by Gasteiger charge is -2.12. The molecular formula is C20H20N2O4S2. The first kappa shape index (κ1) is 19.9. The van der Waals surface area contributed by atoms with Crippen molar-refractivity contribution in [2.45, 2.75) is 23.6 Å². The van der Waals surface area contributed by atoms with Crippen LogP contribution in [0.25, 0.3) is 0 Å². The van der Waals surface area contributed by atoms with Crippen molar-refractivity contribution in [3.05, 3.63) is 83.9 Å². The van der Waals surface area contributed by atoms with Gasteiger partial charge in [-0.3, -0.25) is 9.44 Å². The minimum atomic E-state index is -3.77. The van der Waals surface area contributed by atoms with Crippen molar-refractivity contribution in [2.24, 2.45) is 0 Å². The number of rotatable bonds is 6. The van der Waals surface area contributed by atoms with Gasteiger partial charge < -0.3 is 0 Å². The molecule has 28 heavy (non-hydrogen) atoms. The molecule has 146 valence electrons. The number of anilines is 2. The van der Waals surface area contributed by atoms with E-state index in [4.69, 9.17) is 0 Å². The second-order valence-corrected chi connectivity index (χ2v) is 9.78.